The number of likely N-dealkylation sites (N-methyl/N-ethyl adjacent to an activating group) is 1. The Balaban J connectivity index is 1.71. The molecule has 0 fully saturated rings. The van der Waals surface area contributed by atoms with Crippen molar-refractivity contribution in [3.63, 3.8) is 0 Å². The quantitative estimate of drug-likeness (QED) is 0.776. The molecule has 0 saturated heterocycles. The van der Waals surface area contributed by atoms with Crippen molar-refractivity contribution in [1.29, 1.82) is 0 Å². The summed E-state index contributed by atoms with van der Waals surface area (Å²) >= 11 is 0. The minimum Gasteiger partial charge on any atom is -0.339 e. The van der Waals surface area contributed by atoms with E-state index in [2.05, 4.69) is 55.5 Å². The van der Waals surface area contributed by atoms with Gasteiger partial charge in [0.25, 0.3) is 0 Å². The van der Waals surface area contributed by atoms with Gasteiger partial charge in [-0.05, 0) is 30.2 Å². The number of hydrogen-bond donors (Lipinski definition) is 2. The number of nitrogens with one attached hydrogen (secondary N) is 2. The topological polar surface area (TPSA) is 69.7 Å². The van der Waals surface area contributed by atoms with Gasteiger partial charge in [0.15, 0.2) is 5.65 Å². The molecule has 0 spiro atoms. The first-order chi connectivity index (χ1) is 10.8. The van der Waals surface area contributed by atoms with Crippen molar-refractivity contribution in [3.8, 4) is 0 Å². The maximum absolute atomic E-state index is 4.36. The highest BCUT2D eigenvalue weighted by molar-refractivity contribution is 5.88. The lowest BCUT2D eigenvalue weighted by molar-refractivity contribution is 0.268. The van der Waals surface area contributed by atoms with Crippen molar-refractivity contribution in [2.75, 3.05) is 18.4 Å². The molecule has 4 rings (SSSR count). The Labute approximate surface area is 128 Å². The van der Waals surface area contributed by atoms with Crippen molar-refractivity contribution >= 4 is 22.5 Å². The number of anilines is 2. The third kappa shape index (κ3) is 2.21. The lowest BCUT2D eigenvalue weighted by Gasteiger charge is -2.29. The normalized spacial score (nSPS) is 15.0. The fourth-order valence-electron chi connectivity index (χ4n) is 3.05. The Hall–Kier alpha value is -2.47. The summed E-state index contributed by atoms with van der Waals surface area (Å²) in [5, 5.41) is 11.3. The summed E-state index contributed by atoms with van der Waals surface area (Å²) in [6, 6.07) is 6.44. The first-order valence-corrected chi connectivity index (χ1v) is 7.59. The molecule has 0 saturated carbocycles. The number of fused-ring (bicyclic) bond motifs is 2. The molecule has 2 aromatic heterocycles. The minimum absolute atomic E-state index is 0.749. The molecular weight excluding hydrogens is 276 g/mol. The smallest absolute Gasteiger partial charge is 0.160 e. The van der Waals surface area contributed by atoms with Crippen molar-refractivity contribution in [3.05, 3.63) is 41.9 Å². The predicted molar refractivity (Wildman–Crippen MR) is 86.1 cm³/mol. The van der Waals surface area contributed by atoms with Gasteiger partial charge in [-0.3, -0.25) is 10.00 Å². The molecule has 6 nitrogen and oxygen atoms in total. The fraction of sp³-hybridized carbons (Fsp3) is 0.312. The number of nitrogens with zero attached hydrogens (tertiary/aromatic N) is 4. The molecule has 0 radical (unpaired) electrons. The molecule has 112 valence electrons. The van der Waals surface area contributed by atoms with Crippen LogP contribution in [0, 0.1) is 0 Å². The fourth-order valence-corrected chi connectivity index (χ4v) is 3.05. The molecule has 0 unspecified atom stereocenters. The van der Waals surface area contributed by atoms with E-state index in [0.29, 0.717) is 0 Å². The molecule has 0 aliphatic carbocycles. The van der Waals surface area contributed by atoms with Crippen LogP contribution in [0.1, 0.15) is 18.1 Å². The molecule has 22 heavy (non-hydrogen) atoms. The Morgan fingerprint density at radius 3 is 3.18 bits per heavy atom. The molecular formula is C16H18N6. The summed E-state index contributed by atoms with van der Waals surface area (Å²) in [6.07, 6.45) is 4.37. The second kappa shape index (κ2) is 5.38. The lowest BCUT2D eigenvalue weighted by Crippen LogP contribution is -2.30. The van der Waals surface area contributed by atoms with Crippen LogP contribution in [0.15, 0.2) is 30.7 Å². The summed E-state index contributed by atoms with van der Waals surface area (Å²) in [7, 11) is 0. The van der Waals surface area contributed by atoms with E-state index in [1.165, 1.54) is 11.1 Å². The van der Waals surface area contributed by atoms with Gasteiger partial charge >= 0.3 is 0 Å². The van der Waals surface area contributed by atoms with Crippen LogP contribution in [0.3, 0.4) is 0 Å². The maximum atomic E-state index is 4.36. The Morgan fingerprint density at radius 2 is 2.27 bits per heavy atom. The number of aromatic amines is 1. The highest BCUT2D eigenvalue weighted by Crippen LogP contribution is 2.29. The number of benzene rings is 1. The summed E-state index contributed by atoms with van der Waals surface area (Å²) < 4.78 is 0. The maximum Gasteiger partial charge on any atom is 0.160 e. The zero-order chi connectivity index (χ0) is 14.9. The Kier molecular flexibility index (Phi) is 3.23. The lowest BCUT2D eigenvalue weighted by atomic mass is 9.97. The summed E-state index contributed by atoms with van der Waals surface area (Å²) in [4.78, 5) is 11.0. The number of hydrogen-bond acceptors (Lipinski definition) is 5. The summed E-state index contributed by atoms with van der Waals surface area (Å²) in [6.45, 7) is 5.43. The van der Waals surface area contributed by atoms with Crippen LogP contribution >= 0.6 is 0 Å². The van der Waals surface area contributed by atoms with Gasteiger partial charge in [-0.1, -0.05) is 19.1 Å². The predicted octanol–water partition coefficient (Wildman–Crippen LogP) is 2.47. The van der Waals surface area contributed by atoms with E-state index in [9.17, 15) is 0 Å². The van der Waals surface area contributed by atoms with Crippen LogP contribution < -0.4 is 5.32 Å². The van der Waals surface area contributed by atoms with E-state index in [1.807, 2.05) is 0 Å². The van der Waals surface area contributed by atoms with E-state index >= 15 is 0 Å². The van der Waals surface area contributed by atoms with Gasteiger partial charge in [0.05, 0.1) is 11.6 Å². The highest BCUT2D eigenvalue weighted by atomic mass is 15.2. The molecule has 0 bridgehead atoms. The minimum atomic E-state index is 0.749. The van der Waals surface area contributed by atoms with Gasteiger partial charge in [0.2, 0.25) is 0 Å². The molecule has 1 aliphatic rings. The van der Waals surface area contributed by atoms with Crippen molar-refractivity contribution < 1.29 is 0 Å². The SMILES string of the molecule is CCN1CCc2c(cccc2Nc2ncnc3[nH]ncc23)C1. The van der Waals surface area contributed by atoms with Gasteiger partial charge in [-0.25, -0.2) is 9.97 Å². The van der Waals surface area contributed by atoms with E-state index in [-0.39, 0.29) is 0 Å². The number of H-pyrrole nitrogens is 1. The zero-order valence-corrected chi connectivity index (χ0v) is 12.5. The summed E-state index contributed by atoms with van der Waals surface area (Å²) in [5.41, 5.74) is 4.67. The second-order valence-corrected chi connectivity index (χ2v) is 5.54. The standard InChI is InChI=1S/C16H18N6/c1-2-22-7-6-12-11(9-22)4-3-5-14(12)20-15-13-8-19-21-16(13)18-10-17-15/h3-5,8,10H,2,6-7,9H2,1H3,(H2,17,18,19,20,21). The van der Waals surface area contributed by atoms with Crippen LogP contribution in [0.4, 0.5) is 11.5 Å². The molecule has 3 aromatic rings. The number of rotatable bonds is 3. The average molecular weight is 294 g/mol. The van der Waals surface area contributed by atoms with Crippen LogP contribution in [0.5, 0.6) is 0 Å². The molecule has 1 aromatic carbocycles. The summed E-state index contributed by atoms with van der Waals surface area (Å²) in [5.74, 6) is 0.796. The van der Waals surface area contributed by atoms with E-state index in [1.54, 1.807) is 12.5 Å². The first-order valence-electron chi connectivity index (χ1n) is 7.59. The molecule has 2 N–H and O–H groups in total. The van der Waals surface area contributed by atoms with Crippen LogP contribution in [-0.2, 0) is 13.0 Å². The van der Waals surface area contributed by atoms with Crippen LogP contribution in [0.25, 0.3) is 11.0 Å². The number of aromatic nitrogens is 4. The highest BCUT2D eigenvalue weighted by Gasteiger charge is 2.18. The molecule has 3 heterocycles. The van der Waals surface area contributed by atoms with Crippen LogP contribution in [0.2, 0.25) is 0 Å². The van der Waals surface area contributed by atoms with E-state index in [0.717, 1.165) is 48.6 Å². The third-order valence-electron chi connectivity index (χ3n) is 4.29. The van der Waals surface area contributed by atoms with Crippen molar-refractivity contribution in [1.82, 2.24) is 25.1 Å². The van der Waals surface area contributed by atoms with E-state index < -0.39 is 0 Å². The molecule has 0 amide bonds. The van der Waals surface area contributed by atoms with E-state index in [4.69, 9.17) is 0 Å². The second-order valence-electron chi connectivity index (χ2n) is 5.54. The van der Waals surface area contributed by atoms with Crippen molar-refractivity contribution in [2.45, 2.75) is 19.9 Å². The monoisotopic (exact) mass is 294 g/mol. The molecule has 1 aliphatic heterocycles. The average Bonchev–Trinajstić information content (AvgIpc) is 3.04. The molecule has 6 heteroatoms. The van der Waals surface area contributed by atoms with Gasteiger partial charge in [0, 0.05) is 18.8 Å². The zero-order valence-electron chi connectivity index (χ0n) is 12.5. The Bertz CT molecular complexity index is 809. The third-order valence-corrected chi connectivity index (χ3v) is 4.29. The molecule has 0 atom stereocenters. The first kappa shape index (κ1) is 13.2. The largest absolute Gasteiger partial charge is 0.339 e. The Morgan fingerprint density at radius 1 is 1.32 bits per heavy atom. The van der Waals surface area contributed by atoms with Crippen molar-refractivity contribution in [2.24, 2.45) is 0 Å². The van der Waals surface area contributed by atoms with Gasteiger partial charge in [-0.2, -0.15) is 5.10 Å². The van der Waals surface area contributed by atoms with Gasteiger partial charge in [-0.15, -0.1) is 0 Å². The van der Waals surface area contributed by atoms with Gasteiger partial charge < -0.3 is 5.32 Å². The van der Waals surface area contributed by atoms with Gasteiger partial charge in [0.1, 0.15) is 12.1 Å². The van der Waals surface area contributed by atoms with Crippen LogP contribution in [-0.4, -0.2) is 38.2 Å².